The maximum Gasteiger partial charge on any atom is 0.192 e. The van der Waals surface area contributed by atoms with Gasteiger partial charge in [0.05, 0.1) is 12.1 Å². The number of nitrogens with two attached hydrogens (primary N) is 1. The molecular weight excluding hydrogens is 174 g/mol. The highest BCUT2D eigenvalue weighted by Gasteiger charge is 2.45. The summed E-state index contributed by atoms with van der Waals surface area (Å²) < 4.78 is 0. The Morgan fingerprint density at radius 2 is 2.21 bits per heavy atom. The molecule has 2 N–H and O–H groups in total. The minimum atomic E-state index is 0.194. The molecule has 2 rings (SSSR count). The molecule has 0 bridgehead atoms. The lowest BCUT2D eigenvalue weighted by Crippen LogP contribution is -2.51. The summed E-state index contributed by atoms with van der Waals surface area (Å²) in [6.45, 7) is 7.72. The van der Waals surface area contributed by atoms with E-state index in [1.807, 2.05) is 0 Å². The van der Waals surface area contributed by atoms with Crippen molar-refractivity contribution in [1.82, 2.24) is 4.90 Å². The number of aliphatic imine (C=N–C) groups is 1. The van der Waals surface area contributed by atoms with E-state index in [9.17, 15) is 0 Å². The fraction of sp³-hybridized carbons (Fsp3) is 0.909. The Balaban J connectivity index is 2.11. The smallest absolute Gasteiger partial charge is 0.192 e. The molecule has 1 aliphatic carbocycles. The van der Waals surface area contributed by atoms with Crippen LogP contribution in [-0.4, -0.2) is 29.0 Å². The lowest BCUT2D eigenvalue weighted by Gasteiger charge is -2.37. The van der Waals surface area contributed by atoms with Gasteiger partial charge in [-0.05, 0) is 32.1 Å². The number of rotatable bonds is 3. The third-order valence-electron chi connectivity index (χ3n) is 3.17. The third kappa shape index (κ3) is 1.60. The van der Waals surface area contributed by atoms with Gasteiger partial charge in [-0.2, -0.15) is 0 Å². The molecule has 2 aliphatic rings. The number of nitrogens with zero attached hydrogens (tertiary/aromatic N) is 2. The summed E-state index contributed by atoms with van der Waals surface area (Å²) in [7, 11) is 0. The van der Waals surface area contributed by atoms with Crippen molar-refractivity contribution in [1.29, 1.82) is 0 Å². The van der Waals surface area contributed by atoms with Gasteiger partial charge in [0.1, 0.15) is 0 Å². The first-order valence-corrected chi connectivity index (χ1v) is 5.62. The zero-order valence-corrected chi connectivity index (χ0v) is 9.45. The Bertz CT molecular complexity index is 255. The number of guanidine groups is 1. The maximum absolute atomic E-state index is 5.95. The quantitative estimate of drug-likeness (QED) is 0.743. The Labute approximate surface area is 86.4 Å². The van der Waals surface area contributed by atoms with Crippen molar-refractivity contribution in [2.75, 3.05) is 6.54 Å². The van der Waals surface area contributed by atoms with E-state index in [1.54, 1.807) is 0 Å². The van der Waals surface area contributed by atoms with E-state index in [-0.39, 0.29) is 5.54 Å². The van der Waals surface area contributed by atoms with E-state index in [0.29, 0.717) is 12.0 Å². The molecule has 0 spiro atoms. The first kappa shape index (κ1) is 9.81. The SMILES string of the molecule is CC(C)CC1(C)CN=C(N)N1C1CC1. The molecule has 3 nitrogen and oxygen atoms in total. The van der Waals surface area contributed by atoms with Gasteiger partial charge >= 0.3 is 0 Å². The summed E-state index contributed by atoms with van der Waals surface area (Å²) in [5.74, 6) is 1.48. The average Bonchev–Trinajstić information content (AvgIpc) is 2.80. The lowest BCUT2D eigenvalue weighted by molar-refractivity contribution is 0.179. The zero-order valence-electron chi connectivity index (χ0n) is 9.45. The van der Waals surface area contributed by atoms with Crippen LogP contribution in [0.4, 0.5) is 0 Å². The predicted molar refractivity (Wildman–Crippen MR) is 59.2 cm³/mol. The van der Waals surface area contributed by atoms with Gasteiger partial charge in [-0.15, -0.1) is 0 Å². The average molecular weight is 195 g/mol. The standard InChI is InChI=1S/C11H21N3/c1-8(2)6-11(3)7-13-10(12)14(11)9-4-5-9/h8-9H,4-7H2,1-3H3,(H2,12,13). The molecule has 0 aromatic rings. The number of hydrogen-bond donors (Lipinski definition) is 1. The lowest BCUT2D eigenvalue weighted by atomic mass is 9.90. The fourth-order valence-electron chi connectivity index (χ4n) is 2.68. The van der Waals surface area contributed by atoms with E-state index in [2.05, 4.69) is 30.7 Å². The fourth-order valence-corrected chi connectivity index (χ4v) is 2.68. The number of hydrogen-bond acceptors (Lipinski definition) is 3. The van der Waals surface area contributed by atoms with Crippen LogP contribution in [-0.2, 0) is 0 Å². The van der Waals surface area contributed by atoms with Crippen LogP contribution < -0.4 is 5.73 Å². The Morgan fingerprint density at radius 3 is 2.71 bits per heavy atom. The molecule has 0 amide bonds. The molecule has 1 aliphatic heterocycles. The second-order valence-corrected chi connectivity index (χ2v) is 5.37. The monoisotopic (exact) mass is 195 g/mol. The molecule has 14 heavy (non-hydrogen) atoms. The van der Waals surface area contributed by atoms with Gasteiger partial charge in [-0.3, -0.25) is 4.99 Å². The molecule has 1 fully saturated rings. The topological polar surface area (TPSA) is 41.6 Å². The van der Waals surface area contributed by atoms with Gasteiger partial charge in [0.2, 0.25) is 0 Å². The van der Waals surface area contributed by atoms with Gasteiger partial charge in [-0.25, -0.2) is 0 Å². The summed E-state index contributed by atoms with van der Waals surface area (Å²) >= 11 is 0. The van der Waals surface area contributed by atoms with Crippen molar-refractivity contribution < 1.29 is 0 Å². The normalized spacial score (nSPS) is 32.6. The molecule has 1 atom stereocenters. The van der Waals surface area contributed by atoms with E-state index in [1.165, 1.54) is 19.3 Å². The van der Waals surface area contributed by atoms with Crippen LogP contribution in [0.1, 0.15) is 40.0 Å². The van der Waals surface area contributed by atoms with Crippen molar-refractivity contribution in [3.63, 3.8) is 0 Å². The van der Waals surface area contributed by atoms with Crippen LogP contribution in [0, 0.1) is 5.92 Å². The molecule has 0 aromatic heterocycles. The second-order valence-electron chi connectivity index (χ2n) is 5.37. The van der Waals surface area contributed by atoms with Crippen LogP contribution in [0.15, 0.2) is 4.99 Å². The molecule has 1 unspecified atom stereocenters. The summed E-state index contributed by atoms with van der Waals surface area (Å²) in [4.78, 5) is 6.77. The Morgan fingerprint density at radius 1 is 1.57 bits per heavy atom. The van der Waals surface area contributed by atoms with E-state index in [4.69, 9.17) is 5.73 Å². The van der Waals surface area contributed by atoms with Crippen molar-refractivity contribution in [3.05, 3.63) is 0 Å². The zero-order chi connectivity index (χ0) is 10.3. The van der Waals surface area contributed by atoms with Gasteiger partial charge in [0.15, 0.2) is 5.96 Å². The molecule has 1 saturated carbocycles. The highest BCUT2D eigenvalue weighted by atomic mass is 15.4. The largest absolute Gasteiger partial charge is 0.370 e. The van der Waals surface area contributed by atoms with Crippen LogP contribution in [0.5, 0.6) is 0 Å². The van der Waals surface area contributed by atoms with E-state index < -0.39 is 0 Å². The molecule has 1 heterocycles. The minimum Gasteiger partial charge on any atom is -0.370 e. The highest BCUT2D eigenvalue weighted by molar-refractivity contribution is 5.81. The minimum absolute atomic E-state index is 0.194. The van der Waals surface area contributed by atoms with Gasteiger partial charge in [-0.1, -0.05) is 13.8 Å². The van der Waals surface area contributed by atoms with Gasteiger partial charge in [0, 0.05) is 6.04 Å². The first-order valence-electron chi connectivity index (χ1n) is 5.62. The summed E-state index contributed by atoms with van der Waals surface area (Å²) in [6.07, 6.45) is 3.78. The molecular formula is C11H21N3. The highest BCUT2D eigenvalue weighted by Crippen LogP contribution is 2.38. The van der Waals surface area contributed by atoms with Crippen molar-refractivity contribution in [3.8, 4) is 0 Å². The van der Waals surface area contributed by atoms with E-state index in [0.717, 1.165) is 12.5 Å². The Hall–Kier alpha value is -0.730. The maximum atomic E-state index is 5.95. The first-order chi connectivity index (χ1) is 6.53. The third-order valence-corrected chi connectivity index (χ3v) is 3.17. The molecule has 3 heteroatoms. The van der Waals surface area contributed by atoms with Crippen LogP contribution in [0.2, 0.25) is 0 Å². The molecule has 0 aromatic carbocycles. The van der Waals surface area contributed by atoms with Crippen LogP contribution in [0.25, 0.3) is 0 Å². The summed E-state index contributed by atoms with van der Waals surface area (Å²) in [5.41, 5.74) is 6.14. The summed E-state index contributed by atoms with van der Waals surface area (Å²) in [6, 6.07) is 0.685. The van der Waals surface area contributed by atoms with Crippen molar-refractivity contribution >= 4 is 5.96 Å². The Kier molecular flexibility index (Phi) is 2.20. The molecule has 0 saturated heterocycles. The van der Waals surface area contributed by atoms with Gasteiger partial charge < -0.3 is 10.6 Å². The van der Waals surface area contributed by atoms with Crippen LogP contribution >= 0.6 is 0 Å². The predicted octanol–water partition coefficient (Wildman–Crippen LogP) is 1.58. The van der Waals surface area contributed by atoms with Crippen molar-refractivity contribution in [2.24, 2.45) is 16.6 Å². The van der Waals surface area contributed by atoms with E-state index >= 15 is 0 Å². The second kappa shape index (κ2) is 3.14. The van der Waals surface area contributed by atoms with Crippen LogP contribution in [0.3, 0.4) is 0 Å². The molecule has 0 radical (unpaired) electrons. The summed E-state index contributed by atoms with van der Waals surface area (Å²) in [5, 5.41) is 0. The molecule has 80 valence electrons. The van der Waals surface area contributed by atoms with Crippen molar-refractivity contribution in [2.45, 2.75) is 51.6 Å². The van der Waals surface area contributed by atoms with Gasteiger partial charge in [0.25, 0.3) is 0 Å².